The Labute approximate surface area is 141 Å². The molecule has 2 N–H and O–H groups in total. The zero-order valence-corrected chi connectivity index (χ0v) is 14.6. The van der Waals surface area contributed by atoms with Crippen LogP contribution in [0, 0.1) is 18.8 Å². The number of carbonyl (C=O) groups is 1. The second-order valence-electron chi connectivity index (χ2n) is 6.27. The summed E-state index contributed by atoms with van der Waals surface area (Å²) in [5.41, 5.74) is 1.03. The molecule has 0 aromatic carbocycles. The average Bonchev–Trinajstić information content (AvgIpc) is 3.03. The van der Waals surface area contributed by atoms with Gasteiger partial charge in [0.2, 0.25) is 0 Å². The fourth-order valence-electron chi connectivity index (χ4n) is 3.05. The summed E-state index contributed by atoms with van der Waals surface area (Å²) in [6, 6.07) is 0. The molecule has 2 rings (SSSR count). The summed E-state index contributed by atoms with van der Waals surface area (Å²) in [6.07, 6.45) is 0. The molecule has 2 atom stereocenters. The molecule has 23 heavy (non-hydrogen) atoms. The van der Waals surface area contributed by atoms with E-state index in [1.165, 1.54) is 0 Å². The Morgan fingerprint density at radius 1 is 1.39 bits per heavy atom. The topological polar surface area (TPSA) is 81.8 Å². The number of rotatable bonds is 6. The Bertz CT molecular complexity index is 563. The van der Waals surface area contributed by atoms with E-state index >= 15 is 0 Å². The van der Waals surface area contributed by atoms with Crippen molar-refractivity contribution in [1.29, 1.82) is 0 Å². The lowest BCUT2D eigenvalue weighted by atomic mass is 9.96. The van der Waals surface area contributed by atoms with E-state index in [9.17, 15) is 9.90 Å². The Balaban J connectivity index is 2.09. The number of aryl methyl sites for hydroxylation is 1. The van der Waals surface area contributed by atoms with Gasteiger partial charge >= 0.3 is 0 Å². The van der Waals surface area contributed by atoms with Crippen molar-refractivity contribution < 1.29 is 15.0 Å². The van der Waals surface area contributed by atoms with E-state index in [1.54, 1.807) is 16.6 Å². The predicted molar refractivity (Wildman–Crippen MR) is 87.5 cm³/mol. The van der Waals surface area contributed by atoms with E-state index in [2.05, 4.69) is 5.10 Å². The van der Waals surface area contributed by atoms with Crippen LogP contribution in [0.25, 0.3) is 0 Å². The number of aliphatic hydroxyl groups is 2. The minimum Gasteiger partial charge on any atom is -0.396 e. The number of halogens is 1. The van der Waals surface area contributed by atoms with Crippen LogP contribution in [0.2, 0.25) is 5.02 Å². The Morgan fingerprint density at radius 3 is 2.57 bits per heavy atom. The monoisotopic (exact) mass is 344 g/mol. The Morgan fingerprint density at radius 2 is 2.04 bits per heavy atom. The first-order valence-electron chi connectivity index (χ1n) is 7.77. The highest BCUT2D eigenvalue weighted by Gasteiger charge is 2.37. The van der Waals surface area contributed by atoms with Gasteiger partial charge in [0.15, 0.2) is 5.69 Å². The number of hydrogen-bond acceptors (Lipinski definition) is 5. The van der Waals surface area contributed by atoms with Crippen LogP contribution in [0.5, 0.6) is 0 Å². The first-order chi connectivity index (χ1) is 10.9. The van der Waals surface area contributed by atoms with Gasteiger partial charge in [-0.1, -0.05) is 11.6 Å². The maximum atomic E-state index is 12.7. The van der Waals surface area contributed by atoms with Crippen LogP contribution in [0.3, 0.4) is 0 Å². The van der Waals surface area contributed by atoms with Gasteiger partial charge in [-0.25, -0.2) is 0 Å². The minimum absolute atomic E-state index is 0.0312. The lowest BCUT2D eigenvalue weighted by Crippen LogP contribution is -2.33. The molecular formula is C15H25ClN4O3. The molecule has 1 aromatic heterocycles. The van der Waals surface area contributed by atoms with E-state index in [1.807, 2.05) is 18.9 Å². The fourth-order valence-corrected chi connectivity index (χ4v) is 3.29. The first kappa shape index (κ1) is 18.2. The molecule has 7 nitrogen and oxygen atoms in total. The molecule has 1 saturated heterocycles. The molecule has 0 saturated carbocycles. The summed E-state index contributed by atoms with van der Waals surface area (Å²) in [5, 5.41) is 23.2. The number of amides is 1. The van der Waals surface area contributed by atoms with Gasteiger partial charge in [-0.05, 0) is 19.9 Å². The molecule has 8 heteroatoms. The van der Waals surface area contributed by atoms with Crippen LogP contribution < -0.4 is 0 Å². The number of aromatic nitrogens is 2. The van der Waals surface area contributed by atoms with Gasteiger partial charge in [0.05, 0.1) is 17.3 Å². The van der Waals surface area contributed by atoms with Crippen molar-refractivity contribution in [3.05, 3.63) is 16.4 Å². The third kappa shape index (κ3) is 3.85. The summed E-state index contributed by atoms with van der Waals surface area (Å²) in [7, 11) is 3.68. The van der Waals surface area contributed by atoms with Gasteiger partial charge in [-0.2, -0.15) is 5.10 Å². The molecular weight excluding hydrogens is 320 g/mol. The second-order valence-corrected chi connectivity index (χ2v) is 6.65. The van der Waals surface area contributed by atoms with Crippen LogP contribution in [-0.4, -0.2) is 82.1 Å². The highest BCUT2D eigenvalue weighted by molar-refractivity contribution is 6.34. The molecule has 0 radical (unpaired) electrons. The van der Waals surface area contributed by atoms with Crippen LogP contribution in [0.4, 0.5) is 0 Å². The van der Waals surface area contributed by atoms with Crippen LogP contribution in [-0.2, 0) is 7.05 Å². The van der Waals surface area contributed by atoms with Crippen LogP contribution >= 0.6 is 11.6 Å². The lowest BCUT2D eigenvalue weighted by Gasteiger charge is -2.22. The Hall–Kier alpha value is -1.15. The van der Waals surface area contributed by atoms with E-state index < -0.39 is 0 Å². The highest BCUT2D eigenvalue weighted by atomic mass is 35.5. The molecule has 1 aliphatic heterocycles. The largest absolute Gasteiger partial charge is 0.396 e. The van der Waals surface area contributed by atoms with Gasteiger partial charge < -0.3 is 20.0 Å². The van der Waals surface area contributed by atoms with Crippen molar-refractivity contribution in [3.63, 3.8) is 0 Å². The van der Waals surface area contributed by atoms with Gasteiger partial charge in [0.1, 0.15) is 0 Å². The molecule has 2 heterocycles. The van der Waals surface area contributed by atoms with Crippen molar-refractivity contribution >= 4 is 17.5 Å². The van der Waals surface area contributed by atoms with Crippen molar-refractivity contribution in [2.75, 3.05) is 46.4 Å². The number of likely N-dealkylation sites (N-methyl/N-ethyl adjacent to an activating group) is 1. The summed E-state index contributed by atoms with van der Waals surface area (Å²) < 4.78 is 1.60. The third-order valence-electron chi connectivity index (χ3n) is 4.59. The first-order valence-corrected chi connectivity index (χ1v) is 8.15. The van der Waals surface area contributed by atoms with Crippen molar-refractivity contribution in [2.24, 2.45) is 18.9 Å². The van der Waals surface area contributed by atoms with Crippen LogP contribution in [0.1, 0.15) is 16.2 Å². The van der Waals surface area contributed by atoms with Crippen molar-refractivity contribution in [2.45, 2.75) is 6.92 Å². The normalized spacial score (nSPS) is 21.4. The number of carbonyl (C=O) groups excluding carboxylic acids is 1. The summed E-state index contributed by atoms with van der Waals surface area (Å²) in [4.78, 5) is 16.4. The van der Waals surface area contributed by atoms with E-state index in [0.717, 1.165) is 12.2 Å². The van der Waals surface area contributed by atoms with Gasteiger partial charge in [0, 0.05) is 45.8 Å². The smallest absolute Gasteiger partial charge is 0.275 e. The van der Waals surface area contributed by atoms with Crippen molar-refractivity contribution in [3.8, 4) is 0 Å². The summed E-state index contributed by atoms with van der Waals surface area (Å²) in [6.45, 7) is 4.32. The molecule has 1 amide bonds. The third-order valence-corrected chi connectivity index (χ3v) is 5.04. The molecule has 130 valence electrons. The van der Waals surface area contributed by atoms with E-state index in [4.69, 9.17) is 16.7 Å². The molecule has 1 aliphatic rings. The molecule has 0 bridgehead atoms. The second kappa shape index (κ2) is 7.61. The average molecular weight is 345 g/mol. The fraction of sp³-hybridized carbons (Fsp3) is 0.733. The summed E-state index contributed by atoms with van der Waals surface area (Å²) in [5.74, 6) is 0.0113. The van der Waals surface area contributed by atoms with Gasteiger partial charge in [-0.3, -0.25) is 9.48 Å². The molecule has 0 unspecified atom stereocenters. The molecule has 0 spiro atoms. The predicted octanol–water partition coefficient (Wildman–Crippen LogP) is -0.0135. The maximum absolute atomic E-state index is 12.7. The molecule has 1 aromatic rings. The van der Waals surface area contributed by atoms with Crippen molar-refractivity contribution in [1.82, 2.24) is 19.6 Å². The number of hydrogen-bond donors (Lipinski definition) is 2. The number of aliphatic hydroxyl groups excluding tert-OH is 2. The number of nitrogens with zero attached hydrogens (tertiary/aromatic N) is 4. The van der Waals surface area contributed by atoms with E-state index in [-0.39, 0.29) is 36.7 Å². The summed E-state index contributed by atoms with van der Waals surface area (Å²) >= 11 is 6.20. The zero-order chi connectivity index (χ0) is 17.1. The minimum atomic E-state index is -0.190. The zero-order valence-electron chi connectivity index (χ0n) is 13.9. The SMILES string of the molecule is Cc1c(Cl)c(C(=O)N2C[C@@H](CN(C)CCO)[C@@H](CO)C2)nn1C. The van der Waals surface area contributed by atoms with E-state index in [0.29, 0.717) is 24.7 Å². The number of likely N-dealkylation sites (tertiary alicyclic amines) is 1. The van der Waals surface area contributed by atoms with Crippen LogP contribution in [0.15, 0.2) is 0 Å². The maximum Gasteiger partial charge on any atom is 0.275 e. The molecule has 0 aliphatic carbocycles. The van der Waals surface area contributed by atoms with Gasteiger partial charge in [-0.15, -0.1) is 0 Å². The highest BCUT2D eigenvalue weighted by Crippen LogP contribution is 2.27. The lowest BCUT2D eigenvalue weighted by molar-refractivity contribution is 0.0772. The molecule has 1 fully saturated rings. The van der Waals surface area contributed by atoms with Gasteiger partial charge in [0.25, 0.3) is 5.91 Å². The Kier molecular flexibility index (Phi) is 6.02. The quantitative estimate of drug-likeness (QED) is 0.758. The standard InChI is InChI=1S/C15H25ClN4O3/c1-10-13(16)14(17-19(10)3)15(23)20-7-11(12(8-20)9-22)6-18(2)4-5-21/h11-12,21-22H,4-9H2,1-3H3/t11-,12-/m1/s1.